The molecule has 0 radical (unpaired) electrons. The van der Waals surface area contributed by atoms with Gasteiger partial charge in [0.05, 0.1) is 19.6 Å². The maximum atomic E-state index is 12.7. The van der Waals surface area contributed by atoms with Crippen LogP contribution in [0.25, 0.3) is 0 Å². The Morgan fingerprint density at radius 2 is 1.46 bits per heavy atom. The van der Waals surface area contributed by atoms with Crippen molar-refractivity contribution >= 4 is 11.7 Å². The summed E-state index contributed by atoms with van der Waals surface area (Å²) in [6.07, 6.45) is 0.462. The van der Waals surface area contributed by atoms with Gasteiger partial charge in [0.2, 0.25) is 5.91 Å². The molecule has 0 aliphatic carbocycles. The molecule has 0 saturated heterocycles. The van der Waals surface area contributed by atoms with E-state index in [1.165, 1.54) is 0 Å². The molecule has 28 heavy (non-hydrogen) atoms. The van der Waals surface area contributed by atoms with E-state index in [0.717, 1.165) is 16.9 Å². The van der Waals surface area contributed by atoms with Crippen molar-refractivity contribution in [1.82, 2.24) is 5.32 Å². The van der Waals surface area contributed by atoms with Crippen LogP contribution in [0.3, 0.4) is 0 Å². The molecule has 0 saturated carbocycles. The van der Waals surface area contributed by atoms with Crippen LogP contribution in [-0.4, -0.2) is 18.8 Å². The second-order valence-electron chi connectivity index (χ2n) is 6.55. The van der Waals surface area contributed by atoms with E-state index < -0.39 is 6.04 Å². The zero-order chi connectivity index (χ0) is 19.8. The van der Waals surface area contributed by atoms with Crippen LogP contribution in [-0.2, 0) is 11.2 Å². The summed E-state index contributed by atoms with van der Waals surface area (Å²) in [7, 11) is 1.60. The highest BCUT2D eigenvalue weighted by Gasteiger charge is 2.19. The highest BCUT2D eigenvalue weighted by Crippen LogP contribution is 2.22. The Kier molecular flexibility index (Phi) is 6.58. The highest BCUT2D eigenvalue weighted by atomic mass is 16.5. The number of hydrogen-bond donors (Lipinski definition) is 1. The SMILES string of the molecule is COc1ccc(C(CC(=O)c2ccccc2)NC(=O)Cc2ccccc2)cc1. The maximum Gasteiger partial charge on any atom is 0.224 e. The first-order chi connectivity index (χ1) is 13.7. The van der Waals surface area contributed by atoms with E-state index in [1.807, 2.05) is 72.8 Å². The van der Waals surface area contributed by atoms with Gasteiger partial charge in [0.1, 0.15) is 5.75 Å². The number of nitrogens with one attached hydrogen (secondary N) is 1. The minimum atomic E-state index is -0.408. The predicted octanol–water partition coefficient (Wildman–Crippen LogP) is 4.37. The van der Waals surface area contributed by atoms with Crippen molar-refractivity contribution in [2.75, 3.05) is 7.11 Å². The number of Topliss-reactive ketones (excluding diaryl/α,β-unsaturated/α-hetero) is 1. The topological polar surface area (TPSA) is 55.4 Å². The minimum absolute atomic E-state index is 0.0126. The lowest BCUT2D eigenvalue weighted by Crippen LogP contribution is -2.31. The van der Waals surface area contributed by atoms with E-state index in [1.54, 1.807) is 19.2 Å². The van der Waals surface area contributed by atoms with Crippen molar-refractivity contribution in [1.29, 1.82) is 0 Å². The summed E-state index contributed by atoms with van der Waals surface area (Å²) in [6, 6.07) is 25.7. The van der Waals surface area contributed by atoms with Gasteiger partial charge in [-0.05, 0) is 23.3 Å². The number of amides is 1. The van der Waals surface area contributed by atoms with Crippen molar-refractivity contribution in [3.63, 3.8) is 0 Å². The second-order valence-corrected chi connectivity index (χ2v) is 6.55. The molecule has 0 spiro atoms. The van der Waals surface area contributed by atoms with Gasteiger partial charge < -0.3 is 10.1 Å². The summed E-state index contributed by atoms with van der Waals surface area (Å²) in [5.41, 5.74) is 2.44. The van der Waals surface area contributed by atoms with Gasteiger partial charge in [0, 0.05) is 12.0 Å². The molecule has 0 bridgehead atoms. The zero-order valence-electron chi connectivity index (χ0n) is 15.8. The molecule has 4 heteroatoms. The van der Waals surface area contributed by atoms with Crippen LogP contribution in [0.5, 0.6) is 5.75 Å². The molecule has 0 aliphatic heterocycles. The van der Waals surface area contributed by atoms with Gasteiger partial charge in [-0.2, -0.15) is 0 Å². The first-order valence-corrected chi connectivity index (χ1v) is 9.21. The van der Waals surface area contributed by atoms with Gasteiger partial charge in [-0.3, -0.25) is 9.59 Å². The molecule has 3 rings (SSSR count). The van der Waals surface area contributed by atoms with Crippen molar-refractivity contribution in [2.24, 2.45) is 0 Å². The van der Waals surface area contributed by atoms with Gasteiger partial charge >= 0.3 is 0 Å². The molecule has 3 aromatic carbocycles. The molecule has 1 N–H and O–H groups in total. The van der Waals surface area contributed by atoms with Gasteiger partial charge in [0.25, 0.3) is 0 Å². The molecule has 1 unspecified atom stereocenters. The predicted molar refractivity (Wildman–Crippen MR) is 109 cm³/mol. The first kappa shape index (κ1) is 19.4. The quantitative estimate of drug-likeness (QED) is 0.597. The van der Waals surface area contributed by atoms with Crippen LogP contribution in [0.15, 0.2) is 84.9 Å². The van der Waals surface area contributed by atoms with Gasteiger partial charge in [-0.1, -0.05) is 72.8 Å². The number of hydrogen-bond acceptors (Lipinski definition) is 3. The fourth-order valence-electron chi connectivity index (χ4n) is 3.04. The summed E-state index contributed by atoms with van der Waals surface area (Å²) in [6.45, 7) is 0. The Labute approximate surface area is 165 Å². The van der Waals surface area contributed by atoms with E-state index >= 15 is 0 Å². The fraction of sp³-hybridized carbons (Fsp3) is 0.167. The summed E-state index contributed by atoms with van der Waals surface area (Å²) in [4.78, 5) is 25.3. The molecule has 0 aromatic heterocycles. The summed E-state index contributed by atoms with van der Waals surface area (Å²) < 4.78 is 5.21. The van der Waals surface area contributed by atoms with E-state index in [9.17, 15) is 9.59 Å². The average Bonchev–Trinajstić information content (AvgIpc) is 2.74. The molecule has 0 aliphatic rings. The van der Waals surface area contributed by atoms with Crippen LogP contribution in [0.2, 0.25) is 0 Å². The third-order valence-corrected chi connectivity index (χ3v) is 4.55. The lowest BCUT2D eigenvalue weighted by molar-refractivity contribution is -0.121. The Morgan fingerprint density at radius 3 is 2.07 bits per heavy atom. The molecule has 3 aromatic rings. The van der Waals surface area contributed by atoms with Crippen molar-refractivity contribution in [3.05, 3.63) is 102 Å². The van der Waals surface area contributed by atoms with Gasteiger partial charge in [0.15, 0.2) is 5.78 Å². The van der Waals surface area contributed by atoms with E-state index in [4.69, 9.17) is 4.74 Å². The summed E-state index contributed by atoms with van der Waals surface area (Å²) in [5, 5.41) is 3.02. The first-order valence-electron chi connectivity index (χ1n) is 9.21. The third-order valence-electron chi connectivity index (χ3n) is 4.55. The molecular formula is C24H23NO3. The lowest BCUT2D eigenvalue weighted by Gasteiger charge is -2.19. The number of carbonyl (C=O) groups is 2. The smallest absolute Gasteiger partial charge is 0.224 e. The van der Waals surface area contributed by atoms with Crippen LogP contribution in [0.1, 0.15) is 33.9 Å². The lowest BCUT2D eigenvalue weighted by atomic mass is 9.97. The van der Waals surface area contributed by atoms with Crippen molar-refractivity contribution in [3.8, 4) is 5.75 Å². The largest absolute Gasteiger partial charge is 0.497 e. The summed E-state index contributed by atoms with van der Waals surface area (Å²) in [5.74, 6) is 0.599. The van der Waals surface area contributed by atoms with Crippen LogP contribution >= 0.6 is 0 Å². The minimum Gasteiger partial charge on any atom is -0.497 e. The van der Waals surface area contributed by atoms with Crippen molar-refractivity contribution in [2.45, 2.75) is 18.9 Å². The van der Waals surface area contributed by atoms with E-state index in [-0.39, 0.29) is 24.5 Å². The Bertz CT molecular complexity index is 906. The standard InChI is InChI=1S/C24H23NO3/c1-28-21-14-12-19(13-15-21)22(17-23(26)20-10-6-3-7-11-20)25-24(27)16-18-8-4-2-5-9-18/h2-15,22H,16-17H2,1H3,(H,25,27). The van der Waals surface area contributed by atoms with Crippen molar-refractivity contribution < 1.29 is 14.3 Å². The number of rotatable bonds is 8. The van der Waals surface area contributed by atoms with E-state index in [0.29, 0.717) is 5.56 Å². The normalized spacial score (nSPS) is 11.5. The second kappa shape index (κ2) is 9.51. The molecule has 1 atom stereocenters. The molecule has 4 nitrogen and oxygen atoms in total. The molecule has 0 heterocycles. The average molecular weight is 373 g/mol. The number of ether oxygens (including phenoxy) is 1. The summed E-state index contributed by atoms with van der Waals surface area (Å²) >= 11 is 0. The van der Waals surface area contributed by atoms with Gasteiger partial charge in [-0.25, -0.2) is 0 Å². The van der Waals surface area contributed by atoms with Crippen LogP contribution in [0, 0.1) is 0 Å². The molecule has 1 amide bonds. The number of ketones is 1. The van der Waals surface area contributed by atoms with Crippen LogP contribution in [0.4, 0.5) is 0 Å². The van der Waals surface area contributed by atoms with E-state index in [2.05, 4.69) is 5.32 Å². The molecule has 142 valence electrons. The Morgan fingerprint density at radius 1 is 0.857 bits per heavy atom. The monoisotopic (exact) mass is 373 g/mol. The third kappa shape index (κ3) is 5.30. The van der Waals surface area contributed by atoms with Crippen LogP contribution < -0.4 is 10.1 Å². The molecular weight excluding hydrogens is 350 g/mol. The molecule has 0 fully saturated rings. The highest BCUT2D eigenvalue weighted by molar-refractivity contribution is 5.96. The Balaban J connectivity index is 1.77. The number of methoxy groups -OCH3 is 1. The fourth-order valence-corrected chi connectivity index (χ4v) is 3.04. The number of carbonyl (C=O) groups excluding carboxylic acids is 2. The zero-order valence-corrected chi connectivity index (χ0v) is 15.8. The Hall–Kier alpha value is -3.40. The van der Waals surface area contributed by atoms with Gasteiger partial charge in [-0.15, -0.1) is 0 Å². The number of benzene rings is 3. The maximum absolute atomic E-state index is 12.7.